The van der Waals surface area contributed by atoms with Gasteiger partial charge in [0, 0.05) is 26.1 Å². The Hall–Kier alpha value is -1.63. The maximum absolute atomic E-state index is 12.5. The van der Waals surface area contributed by atoms with E-state index in [1.807, 2.05) is 13.8 Å². The molecule has 3 atom stereocenters. The van der Waals surface area contributed by atoms with Gasteiger partial charge in [-0.2, -0.15) is 0 Å². The molecule has 2 saturated heterocycles. The molecule has 2 fully saturated rings. The molecule has 0 bridgehead atoms. The van der Waals surface area contributed by atoms with E-state index in [1.165, 1.54) is 4.90 Å². The minimum Gasteiger partial charge on any atom is -0.481 e. The summed E-state index contributed by atoms with van der Waals surface area (Å²) in [6, 6.07) is -0.389. The quantitative estimate of drug-likeness (QED) is 0.777. The van der Waals surface area contributed by atoms with Gasteiger partial charge in [-0.25, -0.2) is 0 Å². The van der Waals surface area contributed by atoms with Crippen LogP contribution < -0.4 is 0 Å². The van der Waals surface area contributed by atoms with Gasteiger partial charge in [0.1, 0.15) is 5.92 Å². The molecule has 0 aromatic rings. The lowest BCUT2D eigenvalue weighted by Crippen LogP contribution is -2.47. The van der Waals surface area contributed by atoms with Crippen molar-refractivity contribution in [1.82, 2.24) is 9.80 Å². The van der Waals surface area contributed by atoms with E-state index in [0.29, 0.717) is 6.54 Å². The van der Waals surface area contributed by atoms with Crippen molar-refractivity contribution in [1.29, 1.82) is 0 Å². The second-order valence-electron chi connectivity index (χ2n) is 6.04. The molecular formula is C14H22N2O5. The zero-order chi connectivity index (χ0) is 15.7. The highest BCUT2D eigenvalue weighted by Crippen LogP contribution is 2.25. The maximum atomic E-state index is 12.5. The van der Waals surface area contributed by atoms with Crippen molar-refractivity contribution >= 4 is 17.8 Å². The third-order valence-corrected chi connectivity index (χ3v) is 4.34. The topological polar surface area (TPSA) is 87.2 Å². The fraction of sp³-hybridized carbons (Fsp3) is 0.786. The van der Waals surface area contributed by atoms with Gasteiger partial charge >= 0.3 is 5.97 Å². The Labute approximate surface area is 123 Å². The van der Waals surface area contributed by atoms with Gasteiger partial charge in [0.2, 0.25) is 11.8 Å². The van der Waals surface area contributed by atoms with Gasteiger partial charge in [-0.15, -0.1) is 0 Å². The van der Waals surface area contributed by atoms with Gasteiger partial charge in [-0.05, 0) is 13.8 Å². The second kappa shape index (κ2) is 6.01. The van der Waals surface area contributed by atoms with Crippen LogP contribution in [0.25, 0.3) is 0 Å². The molecule has 2 amide bonds. The summed E-state index contributed by atoms with van der Waals surface area (Å²) in [6.07, 6.45) is 0.201. The molecule has 2 aliphatic rings. The molecule has 0 spiro atoms. The van der Waals surface area contributed by atoms with Crippen LogP contribution in [0.4, 0.5) is 0 Å². The summed E-state index contributed by atoms with van der Waals surface area (Å²) in [5, 5.41) is 9.16. The third-order valence-electron chi connectivity index (χ3n) is 4.34. The molecule has 0 radical (unpaired) electrons. The lowest BCUT2D eigenvalue weighted by Gasteiger charge is -2.29. The van der Waals surface area contributed by atoms with Crippen LogP contribution in [0.5, 0.6) is 0 Å². The van der Waals surface area contributed by atoms with Gasteiger partial charge in [-0.1, -0.05) is 0 Å². The average Bonchev–Trinajstić information content (AvgIpc) is 3.03. The van der Waals surface area contributed by atoms with E-state index < -0.39 is 17.9 Å². The van der Waals surface area contributed by atoms with Crippen molar-refractivity contribution in [2.24, 2.45) is 11.8 Å². The first-order valence-electron chi connectivity index (χ1n) is 7.19. The number of carboxylic acids is 1. The fourth-order valence-electron chi connectivity index (χ4n) is 3.01. The number of aliphatic carboxylic acids is 1. The van der Waals surface area contributed by atoms with Crippen LogP contribution in [0.15, 0.2) is 0 Å². The highest BCUT2D eigenvalue weighted by Gasteiger charge is 2.43. The fourth-order valence-corrected chi connectivity index (χ4v) is 3.01. The monoisotopic (exact) mass is 298 g/mol. The Bertz CT molecular complexity index is 451. The summed E-state index contributed by atoms with van der Waals surface area (Å²) in [4.78, 5) is 38.7. The van der Waals surface area contributed by atoms with E-state index >= 15 is 0 Å². The predicted molar refractivity (Wildman–Crippen MR) is 73.5 cm³/mol. The predicted octanol–water partition coefficient (Wildman–Crippen LogP) is -0.199. The number of rotatable bonds is 4. The molecule has 0 aromatic carbocycles. The van der Waals surface area contributed by atoms with Gasteiger partial charge in [-0.3, -0.25) is 14.4 Å². The third kappa shape index (κ3) is 3.02. The van der Waals surface area contributed by atoms with Crippen molar-refractivity contribution < 1.29 is 24.2 Å². The standard InChI is InChI=1S/C14H22N2O5/c1-8(2)16-5-9(4-12(16)17)13(18)15(3)11-7-21-6-10(11)14(19)20/h8-11H,4-7H2,1-3H3,(H,19,20). The van der Waals surface area contributed by atoms with Crippen LogP contribution in [0.1, 0.15) is 20.3 Å². The van der Waals surface area contributed by atoms with Crippen LogP contribution in [0, 0.1) is 11.8 Å². The summed E-state index contributed by atoms with van der Waals surface area (Å²) < 4.78 is 5.19. The highest BCUT2D eigenvalue weighted by molar-refractivity contribution is 5.89. The lowest BCUT2D eigenvalue weighted by molar-refractivity contribution is -0.145. The Morgan fingerprint density at radius 3 is 2.57 bits per heavy atom. The smallest absolute Gasteiger partial charge is 0.311 e. The minimum atomic E-state index is -0.955. The molecule has 0 aromatic heterocycles. The van der Waals surface area contributed by atoms with Gasteiger partial charge in [0.15, 0.2) is 0 Å². The molecule has 0 saturated carbocycles. The second-order valence-corrected chi connectivity index (χ2v) is 6.04. The molecule has 2 rings (SSSR count). The number of carbonyl (C=O) groups excluding carboxylic acids is 2. The van der Waals surface area contributed by atoms with Gasteiger partial charge in [0.25, 0.3) is 0 Å². The largest absolute Gasteiger partial charge is 0.481 e. The number of hydrogen-bond donors (Lipinski definition) is 1. The van der Waals surface area contributed by atoms with Crippen LogP contribution in [-0.4, -0.2) is 71.6 Å². The molecule has 2 aliphatic heterocycles. The zero-order valence-corrected chi connectivity index (χ0v) is 12.6. The molecule has 7 nitrogen and oxygen atoms in total. The van der Waals surface area contributed by atoms with E-state index in [-0.39, 0.29) is 43.4 Å². The number of amides is 2. The molecule has 7 heteroatoms. The normalized spacial score (nSPS) is 29.2. The number of nitrogens with zero attached hydrogens (tertiary/aromatic N) is 2. The first kappa shape index (κ1) is 15.8. The Morgan fingerprint density at radius 1 is 1.38 bits per heavy atom. The number of hydrogen-bond acceptors (Lipinski definition) is 4. The summed E-state index contributed by atoms with van der Waals surface area (Å²) in [7, 11) is 1.60. The van der Waals surface area contributed by atoms with E-state index in [9.17, 15) is 14.4 Å². The summed E-state index contributed by atoms with van der Waals surface area (Å²) in [5.41, 5.74) is 0. The first-order valence-corrected chi connectivity index (χ1v) is 7.19. The van der Waals surface area contributed by atoms with Crippen LogP contribution in [0.3, 0.4) is 0 Å². The van der Waals surface area contributed by atoms with Crippen molar-refractivity contribution in [2.75, 3.05) is 26.8 Å². The first-order chi connectivity index (χ1) is 9.82. The average molecular weight is 298 g/mol. The van der Waals surface area contributed by atoms with E-state index in [0.717, 1.165) is 0 Å². The lowest BCUT2D eigenvalue weighted by atomic mass is 10.00. The maximum Gasteiger partial charge on any atom is 0.311 e. The van der Waals surface area contributed by atoms with Crippen LogP contribution >= 0.6 is 0 Å². The molecular weight excluding hydrogens is 276 g/mol. The Balaban J connectivity index is 2.03. The number of likely N-dealkylation sites (tertiary alicyclic amines) is 1. The number of carbonyl (C=O) groups is 3. The van der Waals surface area contributed by atoms with Crippen LogP contribution in [-0.2, 0) is 19.1 Å². The van der Waals surface area contributed by atoms with Crippen molar-refractivity contribution in [3.05, 3.63) is 0 Å². The van der Waals surface area contributed by atoms with E-state index in [4.69, 9.17) is 9.84 Å². The van der Waals surface area contributed by atoms with E-state index in [2.05, 4.69) is 0 Å². The van der Waals surface area contributed by atoms with Crippen molar-refractivity contribution in [3.63, 3.8) is 0 Å². The molecule has 118 valence electrons. The summed E-state index contributed by atoms with van der Waals surface area (Å²) in [6.45, 7) is 4.59. The molecule has 3 unspecified atom stereocenters. The van der Waals surface area contributed by atoms with Gasteiger partial charge < -0.3 is 19.6 Å². The number of ether oxygens (including phenoxy) is 1. The van der Waals surface area contributed by atoms with Crippen LogP contribution in [0.2, 0.25) is 0 Å². The Kier molecular flexibility index (Phi) is 4.51. The van der Waals surface area contributed by atoms with Gasteiger partial charge in [0.05, 0.1) is 25.2 Å². The zero-order valence-electron chi connectivity index (χ0n) is 12.6. The summed E-state index contributed by atoms with van der Waals surface area (Å²) >= 11 is 0. The molecule has 21 heavy (non-hydrogen) atoms. The summed E-state index contributed by atoms with van der Waals surface area (Å²) in [5.74, 6) is -2.23. The number of likely N-dealkylation sites (N-methyl/N-ethyl adjacent to an activating group) is 1. The Morgan fingerprint density at radius 2 is 2.05 bits per heavy atom. The highest BCUT2D eigenvalue weighted by atomic mass is 16.5. The SMILES string of the molecule is CC(C)N1CC(C(=O)N(C)C2COCC2C(=O)O)CC1=O. The number of carboxylic acid groups (broad SMARTS) is 1. The molecule has 0 aliphatic carbocycles. The minimum absolute atomic E-state index is 0.0193. The molecule has 2 heterocycles. The van der Waals surface area contributed by atoms with Crippen molar-refractivity contribution in [3.8, 4) is 0 Å². The van der Waals surface area contributed by atoms with E-state index in [1.54, 1.807) is 11.9 Å². The molecule has 1 N–H and O–H groups in total. The van der Waals surface area contributed by atoms with Crippen molar-refractivity contribution in [2.45, 2.75) is 32.4 Å².